The van der Waals surface area contributed by atoms with Crippen LogP contribution in [0.25, 0.3) is 5.65 Å². The van der Waals surface area contributed by atoms with Gasteiger partial charge in [-0.2, -0.15) is 0 Å². The van der Waals surface area contributed by atoms with Gasteiger partial charge in [0.05, 0.1) is 5.60 Å². The molecule has 1 aliphatic rings. The molecule has 0 radical (unpaired) electrons. The van der Waals surface area contributed by atoms with Crippen molar-refractivity contribution in [1.29, 1.82) is 0 Å². The van der Waals surface area contributed by atoms with E-state index in [1.807, 2.05) is 28.8 Å². The number of pyridine rings is 1. The van der Waals surface area contributed by atoms with E-state index in [2.05, 4.69) is 10.3 Å². The number of rotatable bonds is 3. The molecule has 4 heteroatoms. The van der Waals surface area contributed by atoms with Gasteiger partial charge in [0, 0.05) is 18.9 Å². The van der Waals surface area contributed by atoms with Gasteiger partial charge < -0.3 is 10.4 Å². The first kappa shape index (κ1) is 10.6. The molecule has 1 fully saturated rings. The molecule has 1 aliphatic carbocycles. The van der Waals surface area contributed by atoms with Gasteiger partial charge in [-0.3, -0.25) is 4.40 Å². The second kappa shape index (κ2) is 4.04. The molecule has 0 saturated heterocycles. The van der Waals surface area contributed by atoms with Gasteiger partial charge in [-0.1, -0.05) is 18.9 Å². The molecule has 0 atom stereocenters. The molecule has 0 aliphatic heterocycles. The summed E-state index contributed by atoms with van der Waals surface area (Å²) in [7, 11) is 0. The van der Waals surface area contributed by atoms with Crippen LogP contribution >= 0.6 is 0 Å². The van der Waals surface area contributed by atoms with Crippen molar-refractivity contribution in [3.8, 4) is 0 Å². The van der Waals surface area contributed by atoms with Crippen LogP contribution in [0.3, 0.4) is 0 Å². The summed E-state index contributed by atoms with van der Waals surface area (Å²) in [4.78, 5) is 4.24. The third-order valence-corrected chi connectivity index (χ3v) is 3.56. The maximum absolute atomic E-state index is 10.3. The average Bonchev–Trinajstić information content (AvgIpc) is 2.95. The fourth-order valence-electron chi connectivity index (χ4n) is 2.56. The monoisotopic (exact) mass is 231 g/mol. The standard InChI is InChI=1S/C13H17N3O/c17-13(6-1-2-7-13)10-15-12-5-3-4-11-14-8-9-16(11)12/h3-5,8-9,15,17H,1-2,6-7,10H2. The number of nitrogens with one attached hydrogen (secondary N) is 1. The first-order valence-corrected chi connectivity index (χ1v) is 6.15. The Bertz CT molecular complexity index is 514. The van der Waals surface area contributed by atoms with E-state index in [-0.39, 0.29) is 0 Å². The third kappa shape index (κ3) is 2.00. The van der Waals surface area contributed by atoms with Crippen molar-refractivity contribution in [2.45, 2.75) is 31.3 Å². The van der Waals surface area contributed by atoms with Gasteiger partial charge in [-0.05, 0) is 25.0 Å². The van der Waals surface area contributed by atoms with Crippen molar-refractivity contribution in [1.82, 2.24) is 9.38 Å². The van der Waals surface area contributed by atoms with Gasteiger partial charge >= 0.3 is 0 Å². The second-order valence-electron chi connectivity index (χ2n) is 4.85. The van der Waals surface area contributed by atoms with Crippen molar-refractivity contribution in [2.24, 2.45) is 0 Å². The molecule has 0 amide bonds. The van der Waals surface area contributed by atoms with E-state index in [0.717, 1.165) is 37.1 Å². The number of aliphatic hydroxyl groups is 1. The number of nitrogens with zero attached hydrogens (tertiary/aromatic N) is 2. The summed E-state index contributed by atoms with van der Waals surface area (Å²) < 4.78 is 2.00. The van der Waals surface area contributed by atoms with Crippen LogP contribution in [0.4, 0.5) is 5.82 Å². The highest BCUT2D eigenvalue weighted by Gasteiger charge is 2.30. The van der Waals surface area contributed by atoms with Crippen molar-refractivity contribution in [3.05, 3.63) is 30.6 Å². The van der Waals surface area contributed by atoms with Gasteiger partial charge in [0.2, 0.25) is 0 Å². The van der Waals surface area contributed by atoms with Crippen molar-refractivity contribution >= 4 is 11.5 Å². The summed E-state index contributed by atoms with van der Waals surface area (Å²) in [5.41, 5.74) is 0.399. The highest BCUT2D eigenvalue weighted by molar-refractivity contribution is 5.49. The molecule has 0 bridgehead atoms. The van der Waals surface area contributed by atoms with Crippen LogP contribution in [0.5, 0.6) is 0 Å². The van der Waals surface area contributed by atoms with Crippen LogP contribution in [0.15, 0.2) is 30.6 Å². The Hall–Kier alpha value is -1.55. The first-order chi connectivity index (χ1) is 8.27. The Kier molecular flexibility index (Phi) is 2.52. The summed E-state index contributed by atoms with van der Waals surface area (Å²) in [6.45, 7) is 0.615. The zero-order valence-electron chi connectivity index (χ0n) is 9.76. The molecule has 3 rings (SSSR count). The summed E-state index contributed by atoms with van der Waals surface area (Å²) in [5.74, 6) is 0.986. The number of aromatic nitrogens is 2. The van der Waals surface area contributed by atoms with Crippen molar-refractivity contribution < 1.29 is 5.11 Å². The van der Waals surface area contributed by atoms with Crippen LogP contribution in [-0.4, -0.2) is 26.6 Å². The van der Waals surface area contributed by atoms with Crippen LogP contribution < -0.4 is 5.32 Å². The third-order valence-electron chi connectivity index (χ3n) is 3.56. The highest BCUT2D eigenvalue weighted by atomic mass is 16.3. The first-order valence-electron chi connectivity index (χ1n) is 6.15. The number of hydrogen-bond donors (Lipinski definition) is 2. The van der Waals surface area contributed by atoms with Crippen LogP contribution in [0, 0.1) is 0 Å². The van der Waals surface area contributed by atoms with Gasteiger partial charge in [0.15, 0.2) is 0 Å². The number of anilines is 1. The van der Waals surface area contributed by atoms with E-state index >= 15 is 0 Å². The Morgan fingerprint density at radius 3 is 3.00 bits per heavy atom. The molecule has 0 unspecified atom stereocenters. The van der Waals surface area contributed by atoms with Gasteiger partial charge in [-0.25, -0.2) is 4.98 Å². The Morgan fingerprint density at radius 2 is 2.18 bits per heavy atom. The highest BCUT2D eigenvalue weighted by Crippen LogP contribution is 2.29. The molecule has 2 aromatic rings. The lowest BCUT2D eigenvalue weighted by atomic mass is 10.0. The minimum Gasteiger partial charge on any atom is -0.388 e. The zero-order chi connectivity index (χ0) is 11.7. The van der Waals surface area contributed by atoms with E-state index in [1.54, 1.807) is 6.20 Å². The Labute approximate surface area is 100 Å². The molecule has 0 aromatic carbocycles. The predicted molar refractivity (Wildman–Crippen MR) is 67.1 cm³/mol. The maximum Gasteiger partial charge on any atom is 0.138 e. The summed E-state index contributed by atoms with van der Waals surface area (Å²) in [6, 6.07) is 5.95. The topological polar surface area (TPSA) is 49.6 Å². The Balaban J connectivity index is 1.78. The second-order valence-corrected chi connectivity index (χ2v) is 4.85. The minimum atomic E-state index is -0.525. The minimum absolute atomic E-state index is 0.525. The molecule has 4 nitrogen and oxygen atoms in total. The largest absolute Gasteiger partial charge is 0.388 e. The number of fused-ring (bicyclic) bond motifs is 1. The lowest BCUT2D eigenvalue weighted by Crippen LogP contribution is -2.33. The smallest absolute Gasteiger partial charge is 0.138 e. The van der Waals surface area contributed by atoms with Crippen molar-refractivity contribution in [2.75, 3.05) is 11.9 Å². The summed E-state index contributed by atoms with van der Waals surface area (Å²) >= 11 is 0. The normalized spacial score (nSPS) is 18.6. The molecule has 90 valence electrons. The quantitative estimate of drug-likeness (QED) is 0.850. The molecule has 1 saturated carbocycles. The number of imidazole rings is 1. The van der Waals surface area contributed by atoms with Gasteiger partial charge in [0.1, 0.15) is 11.5 Å². The maximum atomic E-state index is 10.3. The zero-order valence-corrected chi connectivity index (χ0v) is 9.76. The lowest BCUT2D eigenvalue weighted by molar-refractivity contribution is 0.0614. The van der Waals surface area contributed by atoms with E-state index in [9.17, 15) is 5.11 Å². The molecule has 17 heavy (non-hydrogen) atoms. The molecular formula is C13H17N3O. The summed E-state index contributed by atoms with van der Waals surface area (Å²) in [5, 5.41) is 13.6. The Morgan fingerprint density at radius 1 is 1.35 bits per heavy atom. The van der Waals surface area contributed by atoms with Crippen LogP contribution in [0.1, 0.15) is 25.7 Å². The van der Waals surface area contributed by atoms with Gasteiger partial charge in [0.25, 0.3) is 0 Å². The summed E-state index contributed by atoms with van der Waals surface area (Å²) in [6.07, 6.45) is 7.78. The predicted octanol–water partition coefficient (Wildman–Crippen LogP) is 2.05. The molecule has 2 aromatic heterocycles. The van der Waals surface area contributed by atoms with Crippen molar-refractivity contribution in [3.63, 3.8) is 0 Å². The average molecular weight is 231 g/mol. The molecule has 2 N–H and O–H groups in total. The van der Waals surface area contributed by atoms with E-state index in [0.29, 0.717) is 6.54 Å². The van der Waals surface area contributed by atoms with E-state index in [1.165, 1.54) is 0 Å². The fourth-order valence-corrected chi connectivity index (χ4v) is 2.56. The SMILES string of the molecule is OC1(CNc2cccc3nccn23)CCCC1. The van der Waals surface area contributed by atoms with Crippen LogP contribution in [0.2, 0.25) is 0 Å². The number of hydrogen-bond acceptors (Lipinski definition) is 3. The van der Waals surface area contributed by atoms with Crippen LogP contribution in [-0.2, 0) is 0 Å². The van der Waals surface area contributed by atoms with E-state index in [4.69, 9.17) is 0 Å². The molecule has 0 spiro atoms. The van der Waals surface area contributed by atoms with E-state index < -0.39 is 5.60 Å². The fraction of sp³-hybridized carbons (Fsp3) is 0.462. The molecule has 2 heterocycles. The lowest BCUT2D eigenvalue weighted by Gasteiger charge is -2.23. The van der Waals surface area contributed by atoms with Gasteiger partial charge in [-0.15, -0.1) is 0 Å². The molecular weight excluding hydrogens is 214 g/mol.